The van der Waals surface area contributed by atoms with Crippen LogP contribution in [-0.2, 0) is 8.85 Å². The second kappa shape index (κ2) is 7.72. The van der Waals surface area contributed by atoms with Gasteiger partial charge in [-0.1, -0.05) is 41.5 Å². The summed E-state index contributed by atoms with van der Waals surface area (Å²) in [5.41, 5.74) is 0. The monoisotopic (exact) mass is 390 g/mol. The summed E-state index contributed by atoms with van der Waals surface area (Å²) < 4.78 is 13.3. The first kappa shape index (κ1) is 23.3. The van der Waals surface area contributed by atoms with E-state index in [0.717, 1.165) is 6.42 Å². The quantitative estimate of drug-likeness (QED) is 0.654. The van der Waals surface area contributed by atoms with Crippen molar-refractivity contribution in [3.8, 4) is 0 Å². The Morgan fingerprint density at radius 3 is 1.72 bits per heavy atom. The maximum absolute atomic E-state index is 10.9. The third-order valence-corrected chi connectivity index (χ3v) is 15.7. The van der Waals surface area contributed by atoms with Gasteiger partial charge in [0.25, 0.3) is 0 Å². The van der Waals surface area contributed by atoms with Crippen LogP contribution < -0.4 is 0 Å². The van der Waals surface area contributed by atoms with Crippen molar-refractivity contribution in [3.05, 3.63) is 0 Å². The molecule has 0 spiro atoms. The van der Waals surface area contributed by atoms with Gasteiger partial charge in [0.05, 0.1) is 18.3 Å². The highest BCUT2D eigenvalue weighted by molar-refractivity contribution is 6.74. The van der Waals surface area contributed by atoms with E-state index in [-0.39, 0.29) is 34.8 Å². The van der Waals surface area contributed by atoms with Crippen LogP contribution in [0, 0.1) is 5.92 Å². The first-order chi connectivity index (χ1) is 11.0. The molecule has 4 nitrogen and oxygen atoms in total. The van der Waals surface area contributed by atoms with Crippen LogP contribution in [0.3, 0.4) is 0 Å². The van der Waals surface area contributed by atoms with Crippen molar-refractivity contribution in [2.45, 2.75) is 109 Å². The van der Waals surface area contributed by atoms with Crippen molar-refractivity contribution in [3.63, 3.8) is 0 Å². The Hall–Kier alpha value is 0.274. The SMILES string of the molecule is CC(C)(C)[Si](C)(C)O[C@@H]1[C@@H](O)[C@@H](CCO)C[C@H]1O[Si](C)(C)C(C)(C)C. The van der Waals surface area contributed by atoms with Crippen LogP contribution in [0.5, 0.6) is 0 Å². The Morgan fingerprint density at radius 1 is 0.880 bits per heavy atom. The van der Waals surface area contributed by atoms with Gasteiger partial charge < -0.3 is 19.1 Å². The van der Waals surface area contributed by atoms with E-state index >= 15 is 0 Å². The third kappa shape index (κ3) is 5.39. The van der Waals surface area contributed by atoms with Crippen LogP contribution in [0.4, 0.5) is 0 Å². The molecule has 6 heteroatoms. The second-order valence-electron chi connectivity index (χ2n) is 10.8. The van der Waals surface area contributed by atoms with Gasteiger partial charge in [-0.15, -0.1) is 0 Å². The van der Waals surface area contributed by atoms with E-state index in [9.17, 15) is 10.2 Å². The van der Waals surface area contributed by atoms with E-state index in [2.05, 4.69) is 67.7 Å². The molecule has 1 fully saturated rings. The van der Waals surface area contributed by atoms with Crippen molar-refractivity contribution in [2.75, 3.05) is 6.61 Å². The molecule has 1 saturated carbocycles. The van der Waals surface area contributed by atoms with E-state index in [1.807, 2.05) is 0 Å². The summed E-state index contributed by atoms with van der Waals surface area (Å²) in [5, 5.41) is 20.5. The van der Waals surface area contributed by atoms with Crippen molar-refractivity contribution >= 4 is 16.6 Å². The molecule has 0 heterocycles. The van der Waals surface area contributed by atoms with E-state index < -0.39 is 22.7 Å². The lowest BCUT2D eigenvalue weighted by Gasteiger charge is -2.43. The minimum atomic E-state index is -2.01. The lowest BCUT2D eigenvalue weighted by molar-refractivity contribution is -0.0157. The third-order valence-electron chi connectivity index (χ3n) is 6.71. The average Bonchev–Trinajstić information content (AvgIpc) is 2.64. The van der Waals surface area contributed by atoms with E-state index in [1.54, 1.807) is 0 Å². The number of hydrogen-bond acceptors (Lipinski definition) is 4. The maximum atomic E-state index is 10.9. The highest BCUT2D eigenvalue weighted by Gasteiger charge is 2.51. The first-order valence-corrected chi connectivity index (χ1v) is 15.5. The summed E-state index contributed by atoms with van der Waals surface area (Å²) >= 11 is 0. The minimum Gasteiger partial charge on any atom is -0.411 e. The largest absolute Gasteiger partial charge is 0.411 e. The topological polar surface area (TPSA) is 58.9 Å². The molecule has 0 aromatic carbocycles. The summed E-state index contributed by atoms with van der Waals surface area (Å²) in [6.45, 7) is 22.4. The van der Waals surface area contributed by atoms with Gasteiger partial charge in [-0.3, -0.25) is 0 Å². The normalized spacial score (nSPS) is 29.3. The van der Waals surface area contributed by atoms with Crippen LogP contribution in [0.15, 0.2) is 0 Å². The number of hydrogen-bond donors (Lipinski definition) is 2. The molecule has 0 amide bonds. The maximum Gasteiger partial charge on any atom is 0.192 e. The summed E-state index contributed by atoms with van der Waals surface area (Å²) in [5.74, 6) is 0.0505. The molecule has 0 unspecified atom stereocenters. The Labute approximate surface area is 157 Å². The summed E-state index contributed by atoms with van der Waals surface area (Å²) in [7, 11) is -3.97. The number of aliphatic hydroxyl groups is 2. The van der Waals surface area contributed by atoms with Crippen LogP contribution in [0.25, 0.3) is 0 Å². The zero-order chi connectivity index (χ0) is 19.8. The highest BCUT2D eigenvalue weighted by atomic mass is 28.4. The molecule has 150 valence electrons. The molecule has 1 rings (SSSR count). The summed E-state index contributed by atoms with van der Waals surface area (Å²) in [6.07, 6.45) is 0.452. The molecule has 0 saturated heterocycles. The van der Waals surface area contributed by atoms with Crippen molar-refractivity contribution in [1.82, 2.24) is 0 Å². The first-order valence-electron chi connectivity index (χ1n) is 9.68. The van der Waals surface area contributed by atoms with Crippen molar-refractivity contribution in [1.29, 1.82) is 0 Å². The van der Waals surface area contributed by atoms with Crippen LogP contribution in [0.2, 0.25) is 36.3 Å². The zero-order valence-electron chi connectivity index (χ0n) is 18.1. The molecule has 0 aromatic rings. The van der Waals surface area contributed by atoms with Crippen LogP contribution in [0.1, 0.15) is 54.4 Å². The van der Waals surface area contributed by atoms with Gasteiger partial charge in [-0.05, 0) is 55.0 Å². The molecule has 1 aliphatic rings. The van der Waals surface area contributed by atoms with Gasteiger partial charge in [-0.25, -0.2) is 0 Å². The van der Waals surface area contributed by atoms with Crippen molar-refractivity contribution < 1.29 is 19.1 Å². The molecule has 25 heavy (non-hydrogen) atoms. The smallest absolute Gasteiger partial charge is 0.192 e. The molecule has 0 radical (unpaired) electrons. The molecule has 0 aromatic heterocycles. The lowest BCUT2D eigenvalue weighted by atomic mass is 10.0. The van der Waals surface area contributed by atoms with Gasteiger partial charge in [0.15, 0.2) is 16.6 Å². The van der Waals surface area contributed by atoms with Gasteiger partial charge in [0, 0.05) is 6.61 Å². The van der Waals surface area contributed by atoms with E-state index in [4.69, 9.17) is 8.85 Å². The van der Waals surface area contributed by atoms with Gasteiger partial charge in [0.2, 0.25) is 0 Å². The fraction of sp³-hybridized carbons (Fsp3) is 1.00. The second-order valence-corrected chi connectivity index (χ2v) is 20.3. The molecule has 2 N–H and O–H groups in total. The highest BCUT2D eigenvalue weighted by Crippen LogP contribution is 2.45. The van der Waals surface area contributed by atoms with Gasteiger partial charge in [0.1, 0.15) is 0 Å². The minimum absolute atomic E-state index is 0.0505. The summed E-state index contributed by atoms with van der Waals surface area (Å²) in [4.78, 5) is 0. The Kier molecular flexibility index (Phi) is 7.20. The molecule has 0 bridgehead atoms. The molecule has 4 atom stereocenters. The number of aliphatic hydroxyl groups excluding tert-OH is 2. The van der Waals surface area contributed by atoms with Gasteiger partial charge >= 0.3 is 0 Å². The predicted molar refractivity (Wildman–Crippen MR) is 110 cm³/mol. The van der Waals surface area contributed by atoms with E-state index in [0.29, 0.717) is 6.42 Å². The fourth-order valence-electron chi connectivity index (χ4n) is 2.85. The Morgan fingerprint density at radius 2 is 1.32 bits per heavy atom. The average molecular weight is 391 g/mol. The molecule has 0 aliphatic heterocycles. The Bertz CT molecular complexity index is 438. The molecular formula is C19H42O4Si2. The van der Waals surface area contributed by atoms with Gasteiger partial charge in [-0.2, -0.15) is 0 Å². The standard InChI is InChI=1S/C19H42O4Si2/c1-18(2,3)24(7,8)22-15-13-14(11-12-20)16(21)17(15)23-25(9,10)19(4,5)6/h14-17,20-21H,11-13H2,1-10H3/t14-,15+,16-,17-/m0/s1. The lowest BCUT2D eigenvalue weighted by Crippen LogP contribution is -2.52. The number of rotatable bonds is 6. The molecular weight excluding hydrogens is 348 g/mol. The van der Waals surface area contributed by atoms with Crippen molar-refractivity contribution in [2.24, 2.45) is 5.92 Å². The summed E-state index contributed by atoms with van der Waals surface area (Å²) in [6, 6.07) is 0. The Balaban J connectivity index is 3.07. The zero-order valence-corrected chi connectivity index (χ0v) is 20.1. The fourth-order valence-corrected chi connectivity index (χ4v) is 5.51. The molecule has 1 aliphatic carbocycles. The van der Waals surface area contributed by atoms with Crippen LogP contribution >= 0.6 is 0 Å². The predicted octanol–water partition coefficient (Wildman–Crippen LogP) is 4.53. The van der Waals surface area contributed by atoms with E-state index in [1.165, 1.54) is 0 Å². The van der Waals surface area contributed by atoms with Crippen LogP contribution in [-0.4, -0.2) is 51.8 Å².